The number of rotatable bonds is 14. The number of carbonyl (C=O) groups is 5. The molecule has 4 atom stereocenters. The van der Waals surface area contributed by atoms with Crippen molar-refractivity contribution in [3.05, 3.63) is 0 Å². The van der Waals surface area contributed by atoms with Gasteiger partial charge in [-0.05, 0) is 31.8 Å². The van der Waals surface area contributed by atoms with E-state index in [9.17, 15) is 29.1 Å². The number of aliphatic carboxylic acids is 1. The van der Waals surface area contributed by atoms with Crippen LogP contribution in [0.3, 0.4) is 0 Å². The molecule has 0 aromatic heterocycles. The van der Waals surface area contributed by atoms with Crippen LogP contribution in [0.2, 0.25) is 0 Å². The van der Waals surface area contributed by atoms with Crippen LogP contribution in [0.4, 0.5) is 0 Å². The molecule has 0 aliphatic heterocycles. The Hall–Kier alpha value is -2.38. The topological polar surface area (TPSA) is 214 Å². The molecule has 0 saturated carbocycles. The maximum atomic E-state index is 12.6. The first-order valence-corrected chi connectivity index (χ1v) is 10.2. The van der Waals surface area contributed by atoms with Gasteiger partial charge < -0.3 is 37.6 Å². The number of primary amides is 1. The molecular weight excluding hydrogens is 406 g/mol. The Labute approximate surface area is 172 Å². The summed E-state index contributed by atoms with van der Waals surface area (Å²) in [5, 5.41) is 25.0. The lowest BCUT2D eigenvalue weighted by Crippen LogP contribution is -2.57. The molecule has 0 bridgehead atoms. The smallest absolute Gasteiger partial charge is 0.322 e. The van der Waals surface area contributed by atoms with Gasteiger partial charge in [-0.1, -0.05) is 0 Å². The van der Waals surface area contributed by atoms with E-state index in [2.05, 4.69) is 16.0 Å². The van der Waals surface area contributed by atoms with Crippen molar-refractivity contribution in [2.45, 2.75) is 50.4 Å². The number of aliphatic hydroxyl groups excluding tert-OH is 1. The lowest BCUT2D eigenvalue weighted by Gasteiger charge is -2.24. The molecule has 0 spiro atoms. The minimum absolute atomic E-state index is 0.150. The van der Waals surface area contributed by atoms with Gasteiger partial charge in [-0.3, -0.25) is 24.0 Å². The SMILES string of the molecule is CSCCC(NC(=O)C(N)C(C)O)C(=O)NC(CCC(N)=O)C(=O)NCC(=O)O. The average molecular weight is 436 g/mol. The van der Waals surface area contributed by atoms with E-state index in [1.54, 1.807) is 6.26 Å². The van der Waals surface area contributed by atoms with E-state index >= 15 is 0 Å². The van der Waals surface area contributed by atoms with Crippen LogP contribution in [0.15, 0.2) is 0 Å². The van der Waals surface area contributed by atoms with Gasteiger partial charge in [-0.2, -0.15) is 11.8 Å². The van der Waals surface area contributed by atoms with Gasteiger partial charge in [-0.15, -0.1) is 0 Å². The summed E-state index contributed by atoms with van der Waals surface area (Å²) >= 11 is 1.42. The first-order valence-electron chi connectivity index (χ1n) is 8.80. The second-order valence-corrected chi connectivity index (χ2v) is 7.27. The van der Waals surface area contributed by atoms with Crippen LogP contribution in [-0.2, 0) is 24.0 Å². The minimum Gasteiger partial charge on any atom is -0.480 e. The fourth-order valence-corrected chi connectivity index (χ4v) is 2.58. The van der Waals surface area contributed by atoms with Gasteiger partial charge in [0.15, 0.2) is 0 Å². The summed E-state index contributed by atoms with van der Waals surface area (Å²) in [5.74, 6) is -3.76. The molecule has 0 heterocycles. The van der Waals surface area contributed by atoms with Crippen molar-refractivity contribution in [2.24, 2.45) is 11.5 Å². The first kappa shape index (κ1) is 26.6. The number of amides is 4. The Morgan fingerprint density at radius 1 is 1.00 bits per heavy atom. The van der Waals surface area contributed by atoms with Gasteiger partial charge in [0.1, 0.15) is 24.7 Å². The lowest BCUT2D eigenvalue weighted by atomic mass is 10.1. The van der Waals surface area contributed by atoms with Crippen LogP contribution < -0.4 is 27.4 Å². The standard InChI is InChI=1S/C16H29N5O7S/c1-8(22)13(18)16(28)21-10(5-6-29-2)15(27)20-9(3-4-11(17)23)14(26)19-7-12(24)25/h8-10,13,22H,3-7,18H2,1-2H3,(H2,17,23)(H,19,26)(H,20,27)(H,21,28)(H,24,25). The Kier molecular flexibility index (Phi) is 12.6. The monoisotopic (exact) mass is 435 g/mol. The zero-order valence-electron chi connectivity index (χ0n) is 16.3. The third-order valence-electron chi connectivity index (χ3n) is 3.79. The van der Waals surface area contributed by atoms with Gasteiger partial charge >= 0.3 is 5.97 Å². The quantitative estimate of drug-likeness (QED) is 0.147. The molecule has 4 unspecified atom stereocenters. The van der Waals surface area contributed by atoms with E-state index < -0.39 is 60.4 Å². The largest absolute Gasteiger partial charge is 0.480 e. The van der Waals surface area contributed by atoms with Crippen molar-refractivity contribution in [1.82, 2.24) is 16.0 Å². The molecule has 29 heavy (non-hydrogen) atoms. The fraction of sp³-hybridized carbons (Fsp3) is 0.688. The number of carboxylic acid groups (broad SMARTS) is 1. The van der Waals surface area contributed by atoms with Crippen molar-refractivity contribution in [3.63, 3.8) is 0 Å². The molecule has 12 nitrogen and oxygen atoms in total. The predicted octanol–water partition coefficient (Wildman–Crippen LogP) is -3.12. The molecule has 0 radical (unpaired) electrons. The van der Waals surface area contributed by atoms with Crippen molar-refractivity contribution in [3.8, 4) is 0 Å². The zero-order valence-corrected chi connectivity index (χ0v) is 17.2. The highest BCUT2D eigenvalue weighted by atomic mass is 32.2. The Morgan fingerprint density at radius 3 is 2.03 bits per heavy atom. The fourth-order valence-electron chi connectivity index (χ4n) is 2.11. The second kappa shape index (κ2) is 13.7. The van der Waals surface area contributed by atoms with Crippen molar-refractivity contribution in [2.75, 3.05) is 18.6 Å². The molecule has 0 aliphatic carbocycles. The molecule has 13 heteroatoms. The normalized spacial score (nSPS) is 14.8. The van der Waals surface area contributed by atoms with Crippen molar-refractivity contribution >= 4 is 41.4 Å². The molecule has 0 saturated heterocycles. The van der Waals surface area contributed by atoms with Gasteiger partial charge in [0.2, 0.25) is 23.6 Å². The highest BCUT2D eigenvalue weighted by Gasteiger charge is 2.29. The summed E-state index contributed by atoms with van der Waals surface area (Å²) < 4.78 is 0. The number of carboxylic acids is 1. The summed E-state index contributed by atoms with van der Waals surface area (Å²) in [4.78, 5) is 58.5. The summed E-state index contributed by atoms with van der Waals surface area (Å²) in [6, 6.07) is -3.53. The van der Waals surface area contributed by atoms with Crippen molar-refractivity contribution < 1.29 is 34.2 Å². The molecule has 0 aliphatic rings. The summed E-state index contributed by atoms with van der Waals surface area (Å²) in [5.41, 5.74) is 10.6. The van der Waals surface area contributed by atoms with E-state index in [-0.39, 0.29) is 19.3 Å². The maximum Gasteiger partial charge on any atom is 0.322 e. The number of thioether (sulfide) groups is 1. The number of hydrogen-bond acceptors (Lipinski definition) is 8. The highest BCUT2D eigenvalue weighted by Crippen LogP contribution is 2.05. The van der Waals surface area contributed by atoms with E-state index in [1.165, 1.54) is 18.7 Å². The third-order valence-corrected chi connectivity index (χ3v) is 4.44. The number of nitrogens with one attached hydrogen (secondary N) is 3. The Morgan fingerprint density at radius 2 is 1.55 bits per heavy atom. The van der Waals surface area contributed by atoms with E-state index in [1.807, 2.05) is 0 Å². The minimum atomic E-state index is -1.28. The van der Waals surface area contributed by atoms with Crippen LogP contribution in [0.5, 0.6) is 0 Å². The Bertz CT molecular complexity index is 602. The van der Waals surface area contributed by atoms with Crippen LogP contribution in [0.1, 0.15) is 26.2 Å². The van der Waals surface area contributed by atoms with E-state index in [4.69, 9.17) is 16.6 Å². The maximum absolute atomic E-state index is 12.6. The van der Waals surface area contributed by atoms with Crippen LogP contribution in [-0.4, -0.2) is 82.6 Å². The molecule has 0 aromatic rings. The van der Waals surface area contributed by atoms with Crippen LogP contribution in [0, 0.1) is 0 Å². The number of nitrogens with two attached hydrogens (primary N) is 2. The molecular formula is C16H29N5O7S. The zero-order chi connectivity index (χ0) is 22.6. The summed E-state index contributed by atoms with van der Waals surface area (Å²) in [6.45, 7) is 0.658. The van der Waals surface area contributed by atoms with Gasteiger partial charge in [0.05, 0.1) is 6.10 Å². The average Bonchev–Trinajstić information content (AvgIpc) is 2.64. The first-order chi connectivity index (χ1) is 13.5. The molecule has 166 valence electrons. The summed E-state index contributed by atoms with van der Waals surface area (Å²) in [7, 11) is 0. The molecule has 0 fully saturated rings. The van der Waals surface area contributed by atoms with Crippen LogP contribution >= 0.6 is 11.8 Å². The lowest BCUT2D eigenvalue weighted by molar-refractivity contribution is -0.138. The van der Waals surface area contributed by atoms with Gasteiger partial charge in [0.25, 0.3) is 0 Å². The number of hydrogen-bond donors (Lipinski definition) is 7. The molecule has 0 rings (SSSR count). The van der Waals surface area contributed by atoms with E-state index in [0.717, 1.165) is 0 Å². The highest BCUT2D eigenvalue weighted by molar-refractivity contribution is 7.98. The van der Waals surface area contributed by atoms with E-state index in [0.29, 0.717) is 5.75 Å². The van der Waals surface area contributed by atoms with Gasteiger partial charge in [-0.25, -0.2) is 0 Å². The molecule has 0 aromatic carbocycles. The predicted molar refractivity (Wildman–Crippen MR) is 106 cm³/mol. The third kappa shape index (κ3) is 11.3. The summed E-state index contributed by atoms with van der Waals surface area (Å²) in [6.07, 6.45) is 0.505. The van der Waals surface area contributed by atoms with Gasteiger partial charge in [0, 0.05) is 6.42 Å². The Balaban J connectivity index is 5.24. The molecule has 4 amide bonds. The second-order valence-electron chi connectivity index (χ2n) is 6.29. The van der Waals surface area contributed by atoms with Crippen molar-refractivity contribution in [1.29, 1.82) is 0 Å². The number of carbonyl (C=O) groups excluding carboxylic acids is 4. The molecule has 9 N–H and O–H groups in total. The number of aliphatic hydroxyl groups is 1. The van der Waals surface area contributed by atoms with Crippen LogP contribution in [0.25, 0.3) is 0 Å².